The summed E-state index contributed by atoms with van der Waals surface area (Å²) >= 11 is 0. The summed E-state index contributed by atoms with van der Waals surface area (Å²) in [5.74, 6) is 0.338. The highest BCUT2D eigenvalue weighted by Gasteiger charge is 2.07. The Bertz CT molecular complexity index is 581. The van der Waals surface area contributed by atoms with Crippen LogP contribution in [0.1, 0.15) is 32.8 Å². The molecule has 24 heavy (non-hydrogen) atoms. The van der Waals surface area contributed by atoms with Crippen molar-refractivity contribution in [3.8, 4) is 11.5 Å². The molecule has 0 atom stereocenters. The second-order valence-electron chi connectivity index (χ2n) is 5.42. The first kappa shape index (κ1) is 19.5. The number of carbonyl (C=O) groups is 2. The number of hydrogen-bond donors (Lipinski definition) is 1. The lowest BCUT2D eigenvalue weighted by Gasteiger charge is -2.10. The maximum Gasteiger partial charge on any atom is 0.331 e. The molecule has 0 fully saturated rings. The molecule has 1 rings (SSSR count). The minimum absolute atomic E-state index is 0.00708. The lowest BCUT2D eigenvalue weighted by molar-refractivity contribution is -0.143. The van der Waals surface area contributed by atoms with E-state index in [-0.39, 0.29) is 18.6 Å². The monoisotopic (exact) mass is 335 g/mol. The van der Waals surface area contributed by atoms with Crippen LogP contribution in [0.2, 0.25) is 0 Å². The highest BCUT2D eigenvalue weighted by molar-refractivity contribution is 5.89. The van der Waals surface area contributed by atoms with Gasteiger partial charge in [0.25, 0.3) is 5.91 Å². The third-order valence-electron chi connectivity index (χ3n) is 2.86. The number of rotatable bonds is 9. The van der Waals surface area contributed by atoms with Gasteiger partial charge in [-0.3, -0.25) is 4.79 Å². The van der Waals surface area contributed by atoms with Crippen LogP contribution < -0.4 is 14.8 Å². The fraction of sp³-hybridized carbons (Fsp3) is 0.444. The van der Waals surface area contributed by atoms with Crippen LogP contribution in [0.5, 0.6) is 11.5 Å². The van der Waals surface area contributed by atoms with E-state index in [1.165, 1.54) is 6.08 Å². The van der Waals surface area contributed by atoms with Crippen molar-refractivity contribution in [1.29, 1.82) is 0 Å². The van der Waals surface area contributed by atoms with Crippen molar-refractivity contribution in [2.45, 2.75) is 33.2 Å². The number of esters is 1. The molecule has 1 aromatic rings. The van der Waals surface area contributed by atoms with Crippen LogP contribution >= 0.6 is 0 Å². The first-order chi connectivity index (χ1) is 11.5. The SMILES string of the molecule is CCCOc1ccc(/C=C/C(=O)OCC(=O)NC(C)C)cc1OC. The number of methoxy groups -OCH3 is 1. The van der Waals surface area contributed by atoms with Gasteiger partial charge in [-0.1, -0.05) is 13.0 Å². The van der Waals surface area contributed by atoms with Crippen molar-refractivity contribution in [2.24, 2.45) is 0 Å². The molecule has 0 bridgehead atoms. The van der Waals surface area contributed by atoms with E-state index in [2.05, 4.69) is 5.32 Å². The van der Waals surface area contributed by atoms with Gasteiger partial charge in [-0.15, -0.1) is 0 Å². The average molecular weight is 335 g/mol. The summed E-state index contributed by atoms with van der Waals surface area (Å²) in [4.78, 5) is 23.0. The summed E-state index contributed by atoms with van der Waals surface area (Å²) < 4.78 is 15.7. The standard InChI is InChI=1S/C18H25NO5/c1-5-10-23-15-8-6-14(11-16(15)22-4)7-9-18(21)24-12-17(20)19-13(2)3/h6-9,11,13H,5,10,12H2,1-4H3,(H,19,20)/b9-7+. The molecule has 0 radical (unpaired) electrons. The number of amides is 1. The Balaban J connectivity index is 2.59. The molecule has 0 aliphatic heterocycles. The predicted molar refractivity (Wildman–Crippen MR) is 92.1 cm³/mol. The summed E-state index contributed by atoms with van der Waals surface area (Å²) in [6, 6.07) is 5.37. The summed E-state index contributed by atoms with van der Waals surface area (Å²) in [6.07, 6.45) is 3.76. The zero-order valence-electron chi connectivity index (χ0n) is 14.6. The fourth-order valence-electron chi connectivity index (χ4n) is 1.83. The first-order valence-electron chi connectivity index (χ1n) is 7.91. The molecule has 0 saturated heterocycles. The molecule has 0 spiro atoms. The summed E-state index contributed by atoms with van der Waals surface area (Å²) in [7, 11) is 1.56. The van der Waals surface area contributed by atoms with Gasteiger partial charge in [-0.25, -0.2) is 4.79 Å². The molecule has 6 heteroatoms. The van der Waals surface area contributed by atoms with Crippen molar-refractivity contribution in [2.75, 3.05) is 20.3 Å². The third kappa shape index (κ3) is 7.17. The van der Waals surface area contributed by atoms with Crippen LogP contribution in [-0.2, 0) is 14.3 Å². The number of ether oxygens (including phenoxy) is 3. The van der Waals surface area contributed by atoms with Crippen LogP contribution in [-0.4, -0.2) is 38.2 Å². The van der Waals surface area contributed by atoms with Crippen molar-refractivity contribution >= 4 is 18.0 Å². The number of nitrogens with one attached hydrogen (secondary N) is 1. The Kier molecular flexibility index (Phi) is 8.39. The maximum atomic E-state index is 11.6. The fourth-order valence-corrected chi connectivity index (χ4v) is 1.83. The Morgan fingerprint density at radius 2 is 2.00 bits per heavy atom. The van der Waals surface area contributed by atoms with E-state index in [1.54, 1.807) is 25.3 Å². The largest absolute Gasteiger partial charge is 0.493 e. The van der Waals surface area contributed by atoms with Crippen LogP contribution in [0.25, 0.3) is 6.08 Å². The molecule has 0 saturated carbocycles. The van der Waals surface area contributed by atoms with Crippen LogP contribution in [0, 0.1) is 0 Å². The first-order valence-corrected chi connectivity index (χ1v) is 7.91. The highest BCUT2D eigenvalue weighted by Crippen LogP contribution is 2.28. The van der Waals surface area contributed by atoms with Crippen LogP contribution in [0.15, 0.2) is 24.3 Å². The zero-order chi connectivity index (χ0) is 17.9. The summed E-state index contributed by atoms with van der Waals surface area (Å²) in [5, 5.41) is 2.64. The van der Waals surface area contributed by atoms with E-state index in [0.717, 1.165) is 12.0 Å². The highest BCUT2D eigenvalue weighted by atomic mass is 16.5. The third-order valence-corrected chi connectivity index (χ3v) is 2.86. The summed E-state index contributed by atoms with van der Waals surface area (Å²) in [6.45, 7) is 6.00. The minimum atomic E-state index is -0.584. The second-order valence-corrected chi connectivity index (χ2v) is 5.42. The molecule has 0 aliphatic rings. The average Bonchev–Trinajstić information content (AvgIpc) is 2.55. The molecule has 1 aromatic carbocycles. The van der Waals surface area contributed by atoms with Crippen molar-refractivity contribution < 1.29 is 23.8 Å². The van der Waals surface area contributed by atoms with E-state index >= 15 is 0 Å². The Hall–Kier alpha value is -2.50. The van der Waals surface area contributed by atoms with Gasteiger partial charge < -0.3 is 19.5 Å². The van der Waals surface area contributed by atoms with Crippen LogP contribution in [0.3, 0.4) is 0 Å². The minimum Gasteiger partial charge on any atom is -0.493 e. The topological polar surface area (TPSA) is 73.9 Å². The Morgan fingerprint density at radius 1 is 1.25 bits per heavy atom. The van der Waals surface area contributed by atoms with Gasteiger partial charge in [-0.05, 0) is 44.0 Å². The van der Waals surface area contributed by atoms with Crippen LogP contribution in [0.4, 0.5) is 0 Å². The lowest BCUT2D eigenvalue weighted by Crippen LogP contribution is -2.33. The molecule has 0 unspecified atom stereocenters. The van der Waals surface area contributed by atoms with Gasteiger partial charge in [0.15, 0.2) is 18.1 Å². The van der Waals surface area contributed by atoms with Gasteiger partial charge in [0.1, 0.15) is 0 Å². The van der Waals surface area contributed by atoms with Gasteiger partial charge in [0.2, 0.25) is 0 Å². The normalized spacial score (nSPS) is 10.7. The van der Waals surface area contributed by atoms with E-state index in [4.69, 9.17) is 14.2 Å². The smallest absolute Gasteiger partial charge is 0.331 e. The molecular formula is C18H25NO5. The van der Waals surface area contributed by atoms with E-state index in [0.29, 0.717) is 18.1 Å². The van der Waals surface area contributed by atoms with Crippen molar-refractivity contribution in [3.63, 3.8) is 0 Å². The maximum absolute atomic E-state index is 11.6. The van der Waals surface area contributed by atoms with Gasteiger partial charge in [-0.2, -0.15) is 0 Å². The molecule has 0 aliphatic carbocycles. The molecule has 1 N–H and O–H groups in total. The van der Waals surface area contributed by atoms with Gasteiger partial charge >= 0.3 is 5.97 Å². The van der Waals surface area contributed by atoms with Crippen molar-refractivity contribution in [3.05, 3.63) is 29.8 Å². The zero-order valence-corrected chi connectivity index (χ0v) is 14.6. The predicted octanol–water partition coefficient (Wildman–Crippen LogP) is 2.57. The molecule has 6 nitrogen and oxygen atoms in total. The summed E-state index contributed by atoms with van der Waals surface area (Å²) in [5.41, 5.74) is 0.763. The van der Waals surface area contributed by atoms with Crippen molar-refractivity contribution in [1.82, 2.24) is 5.32 Å². The second kappa shape index (κ2) is 10.3. The Morgan fingerprint density at radius 3 is 2.62 bits per heavy atom. The van der Waals surface area contributed by atoms with E-state index in [1.807, 2.05) is 26.8 Å². The van der Waals surface area contributed by atoms with E-state index in [9.17, 15) is 9.59 Å². The van der Waals surface area contributed by atoms with Gasteiger partial charge in [0.05, 0.1) is 13.7 Å². The quantitative estimate of drug-likeness (QED) is 0.554. The molecule has 0 heterocycles. The molecular weight excluding hydrogens is 310 g/mol. The molecule has 0 aromatic heterocycles. The number of benzene rings is 1. The number of hydrogen-bond acceptors (Lipinski definition) is 5. The van der Waals surface area contributed by atoms with E-state index < -0.39 is 5.97 Å². The Labute approximate surface area is 142 Å². The van der Waals surface area contributed by atoms with Gasteiger partial charge in [0, 0.05) is 12.1 Å². The molecule has 1 amide bonds. The lowest BCUT2D eigenvalue weighted by atomic mass is 10.2. The molecule has 132 valence electrons. The number of carbonyl (C=O) groups excluding carboxylic acids is 2.